The molecule has 1 fully saturated rings. The lowest BCUT2D eigenvalue weighted by Gasteiger charge is -2.36. The molecule has 3 nitrogen and oxygen atoms in total. The lowest BCUT2D eigenvalue weighted by molar-refractivity contribution is 0.249. The summed E-state index contributed by atoms with van der Waals surface area (Å²) in [4.78, 5) is 7.62. The van der Waals surface area contributed by atoms with Crippen LogP contribution in [0.25, 0.3) is 4.85 Å². The van der Waals surface area contributed by atoms with E-state index in [1.807, 2.05) is 17.0 Å². The second kappa shape index (κ2) is 8.05. The summed E-state index contributed by atoms with van der Waals surface area (Å²) in [6.07, 6.45) is 0. The Morgan fingerprint density at radius 1 is 1.08 bits per heavy atom. The molecule has 0 spiro atoms. The smallest absolute Gasteiger partial charge is 0.190 e. The average molecular weight is 378 g/mol. The van der Waals surface area contributed by atoms with Gasteiger partial charge in [0, 0.05) is 43.6 Å². The molecule has 2 aromatic carbocycles. The number of piperazine rings is 1. The van der Waals surface area contributed by atoms with Crippen molar-refractivity contribution in [3.8, 4) is 0 Å². The van der Waals surface area contributed by atoms with Gasteiger partial charge in [-0.3, -0.25) is 4.90 Å². The maximum absolute atomic E-state index is 14.2. The lowest BCUT2D eigenvalue weighted by atomic mass is 10.1. The fourth-order valence-electron chi connectivity index (χ4n) is 3.02. The summed E-state index contributed by atoms with van der Waals surface area (Å²) in [5.41, 5.74) is 2.99. The third-order valence-electron chi connectivity index (χ3n) is 4.44. The molecule has 0 atom stereocenters. The summed E-state index contributed by atoms with van der Waals surface area (Å²) in [7, 11) is 0. The predicted molar refractivity (Wildman–Crippen MR) is 101 cm³/mol. The Hall–Kier alpha value is -1.80. The van der Waals surface area contributed by atoms with Gasteiger partial charge in [-0.05, 0) is 29.3 Å². The fourth-order valence-corrected chi connectivity index (χ4v) is 3.60. The second-order valence-electron chi connectivity index (χ2n) is 6.07. The number of hydrogen-bond donors (Lipinski definition) is 0. The number of anilines is 1. The van der Waals surface area contributed by atoms with Crippen molar-refractivity contribution in [3.05, 3.63) is 69.8 Å². The molecular formula is C19H18Cl2FN3. The maximum Gasteiger partial charge on any atom is 0.190 e. The third kappa shape index (κ3) is 4.24. The molecule has 0 unspecified atom stereocenters. The van der Waals surface area contributed by atoms with E-state index in [2.05, 4.69) is 15.8 Å². The molecule has 1 aliphatic rings. The van der Waals surface area contributed by atoms with E-state index < -0.39 is 0 Å². The Morgan fingerprint density at radius 2 is 1.84 bits per heavy atom. The number of hydrogen-bond acceptors (Lipinski definition) is 2. The molecular weight excluding hydrogens is 360 g/mol. The van der Waals surface area contributed by atoms with Gasteiger partial charge in [0.2, 0.25) is 0 Å². The zero-order valence-electron chi connectivity index (χ0n) is 13.7. The zero-order chi connectivity index (χ0) is 17.8. The van der Waals surface area contributed by atoms with Crippen molar-refractivity contribution in [2.45, 2.75) is 12.4 Å². The van der Waals surface area contributed by atoms with Crippen LogP contribution in [0, 0.1) is 12.4 Å². The highest BCUT2D eigenvalue weighted by atomic mass is 35.5. The van der Waals surface area contributed by atoms with E-state index in [0.29, 0.717) is 22.3 Å². The predicted octanol–water partition coefficient (Wildman–Crippen LogP) is 5.09. The third-order valence-corrected chi connectivity index (χ3v) is 5.08. The van der Waals surface area contributed by atoms with E-state index in [1.165, 1.54) is 6.07 Å². The molecule has 25 heavy (non-hydrogen) atoms. The Kier molecular flexibility index (Phi) is 5.80. The fraction of sp³-hybridized carbons (Fsp3) is 0.316. The monoisotopic (exact) mass is 377 g/mol. The lowest BCUT2D eigenvalue weighted by Crippen LogP contribution is -2.46. The summed E-state index contributed by atoms with van der Waals surface area (Å²) in [6, 6.07) is 10.7. The van der Waals surface area contributed by atoms with Gasteiger partial charge in [0.15, 0.2) is 5.69 Å². The van der Waals surface area contributed by atoms with E-state index in [-0.39, 0.29) is 5.82 Å². The van der Waals surface area contributed by atoms with Gasteiger partial charge in [-0.15, -0.1) is 11.6 Å². The van der Waals surface area contributed by atoms with Gasteiger partial charge < -0.3 is 4.90 Å². The summed E-state index contributed by atoms with van der Waals surface area (Å²) < 4.78 is 14.2. The number of rotatable bonds is 4. The van der Waals surface area contributed by atoms with Crippen LogP contribution in [-0.2, 0) is 12.4 Å². The second-order valence-corrected chi connectivity index (χ2v) is 6.74. The molecule has 2 aromatic rings. The summed E-state index contributed by atoms with van der Waals surface area (Å²) in [5.74, 6) is 0.0840. The molecule has 0 saturated carbocycles. The zero-order valence-corrected chi connectivity index (χ0v) is 15.2. The molecule has 3 rings (SSSR count). The molecule has 130 valence electrons. The number of nitrogens with zero attached hydrogens (tertiary/aromatic N) is 3. The van der Waals surface area contributed by atoms with Gasteiger partial charge in [0.1, 0.15) is 5.82 Å². The van der Waals surface area contributed by atoms with Crippen molar-refractivity contribution in [1.29, 1.82) is 0 Å². The first kappa shape index (κ1) is 18.0. The SMILES string of the molecule is [C-]#[N+]c1ccc(N2CCN(Cc3ccc(CCl)c(Cl)c3)CC2)c(F)c1. The average Bonchev–Trinajstić information content (AvgIpc) is 2.62. The molecule has 0 bridgehead atoms. The largest absolute Gasteiger partial charge is 0.367 e. The van der Waals surface area contributed by atoms with Gasteiger partial charge in [-0.1, -0.05) is 29.8 Å². The van der Waals surface area contributed by atoms with Crippen molar-refractivity contribution < 1.29 is 4.39 Å². The molecule has 0 N–H and O–H groups in total. The highest BCUT2D eigenvalue weighted by Gasteiger charge is 2.20. The molecule has 0 amide bonds. The first-order chi connectivity index (χ1) is 12.1. The minimum atomic E-state index is -0.328. The van der Waals surface area contributed by atoms with Crippen molar-refractivity contribution in [3.63, 3.8) is 0 Å². The molecule has 1 heterocycles. The summed E-state index contributed by atoms with van der Waals surface area (Å²) >= 11 is 12.1. The highest BCUT2D eigenvalue weighted by molar-refractivity contribution is 6.32. The van der Waals surface area contributed by atoms with Crippen LogP contribution in [0.3, 0.4) is 0 Å². The Labute approximate surface area is 157 Å². The topological polar surface area (TPSA) is 10.8 Å². The van der Waals surface area contributed by atoms with Crippen LogP contribution >= 0.6 is 23.2 Å². The highest BCUT2D eigenvalue weighted by Crippen LogP contribution is 2.26. The first-order valence-electron chi connectivity index (χ1n) is 8.08. The molecule has 6 heteroatoms. The minimum Gasteiger partial charge on any atom is -0.367 e. The van der Waals surface area contributed by atoms with Gasteiger partial charge in [0.25, 0.3) is 0 Å². The van der Waals surface area contributed by atoms with Gasteiger partial charge >= 0.3 is 0 Å². The number of benzene rings is 2. The van der Waals surface area contributed by atoms with Gasteiger partial charge in [0.05, 0.1) is 12.3 Å². The van der Waals surface area contributed by atoms with E-state index in [0.717, 1.165) is 43.9 Å². The molecule has 0 aliphatic carbocycles. The number of halogens is 3. The van der Waals surface area contributed by atoms with Crippen LogP contribution in [0.2, 0.25) is 5.02 Å². The van der Waals surface area contributed by atoms with E-state index in [9.17, 15) is 4.39 Å². The van der Waals surface area contributed by atoms with Crippen molar-refractivity contribution in [2.75, 3.05) is 31.1 Å². The van der Waals surface area contributed by atoms with Gasteiger partial charge in [-0.25, -0.2) is 9.24 Å². The molecule has 1 aliphatic heterocycles. The molecule has 0 radical (unpaired) electrons. The van der Waals surface area contributed by atoms with Crippen molar-refractivity contribution in [1.82, 2.24) is 4.90 Å². The molecule has 0 aromatic heterocycles. The van der Waals surface area contributed by atoms with E-state index in [4.69, 9.17) is 29.8 Å². The number of alkyl halides is 1. The minimum absolute atomic E-state index is 0.328. The van der Waals surface area contributed by atoms with Crippen LogP contribution in [0.1, 0.15) is 11.1 Å². The Balaban J connectivity index is 1.60. The standard InChI is InChI=1S/C19H18Cl2FN3/c1-23-16-4-5-19(18(22)11-16)25-8-6-24(7-9-25)13-14-2-3-15(12-20)17(21)10-14/h2-5,10-11H,6-9,12-13H2. The summed E-state index contributed by atoms with van der Waals surface area (Å²) in [5, 5.41) is 0.702. The van der Waals surface area contributed by atoms with Crippen molar-refractivity contribution >= 4 is 34.6 Å². The van der Waals surface area contributed by atoms with E-state index in [1.54, 1.807) is 12.1 Å². The van der Waals surface area contributed by atoms with Crippen LogP contribution in [0.4, 0.5) is 15.8 Å². The van der Waals surface area contributed by atoms with Crippen LogP contribution in [-0.4, -0.2) is 31.1 Å². The normalized spacial score (nSPS) is 15.2. The van der Waals surface area contributed by atoms with Gasteiger partial charge in [-0.2, -0.15) is 0 Å². The Bertz CT molecular complexity index is 796. The van der Waals surface area contributed by atoms with E-state index >= 15 is 0 Å². The van der Waals surface area contributed by atoms with Crippen molar-refractivity contribution in [2.24, 2.45) is 0 Å². The van der Waals surface area contributed by atoms with Crippen LogP contribution < -0.4 is 4.90 Å². The quantitative estimate of drug-likeness (QED) is 0.542. The van der Waals surface area contributed by atoms with Crippen LogP contribution in [0.15, 0.2) is 36.4 Å². The molecule has 1 saturated heterocycles. The van der Waals surface area contributed by atoms with Crippen LogP contribution in [0.5, 0.6) is 0 Å². The first-order valence-corrected chi connectivity index (χ1v) is 8.99. The Morgan fingerprint density at radius 3 is 2.44 bits per heavy atom. The summed E-state index contributed by atoms with van der Waals surface area (Å²) in [6.45, 7) is 11.0. The maximum atomic E-state index is 14.2.